The van der Waals surface area contributed by atoms with Crippen molar-refractivity contribution in [3.8, 4) is 0 Å². The van der Waals surface area contributed by atoms with Gasteiger partial charge < -0.3 is 0 Å². The third kappa shape index (κ3) is 2.27. The summed E-state index contributed by atoms with van der Waals surface area (Å²) in [4.78, 5) is 11.4. The van der Waals surface area contributed by atoms with Crippen LogP contribution in [0.15, 0.2) is 18.2 Å². The molecule has 0 aromatic heterocycles. The Morgan fingerprint density at radius 1 is 1.44 bits per heavy atom. The standard InChI is InChI=1S/C13H14ClFO/c1-8-6-9(2-5-13(8)16)11-4-3-10(15)7-12(11)14/h3-4,7-9H,2,5-6H2,1H3. The molecule has 1 aromatic rings. The first-order valence-corrected chi connectivity index (χ1v) is 5.93. The van der Waals surface area contributed by atoms with E-state index in [1.165, 1.54) is 12.1 Å². The molecule has 1 fully saturated rings. The lowest BCUT2D eigenvalue weighted by Crippen LogP contribution is -2.21. The molecule has 1 nitrogen and oxygen atoms in total. The van der Waals surface area contributed by atoms with Crippen LogP contribution in [0.3, 0.4) is 0 Å². The second-order valence-corrected chi connectivity index (χ2v) is 4.91. The van der Waals surface area contributed by atoms with Gasteiger partial charge in [-0.25, -0.2) is 4.39 Å². The van der Waals surface area contributed by atoms with Gasteiger partial charge in [0.1, 0.15) is 11.6 Å². The Kier molecular flexibility index (Phi) is 3.29. The van der Waals surface area contributed by atoms with Crippen molar-refractivity contribution >= 4 is 17.4 Å². The summed E-state index contributed by atoms with van der Waals surface area (Å²) in [5.74, 6) is 0.406. The predicted molar refractivity (Wildman–Crippen MR) is 62.2 cm³/mol. The first-order valence-electron chi connectivity index (χ1n) is 5.55. The summed E-state index contributed by atoms with van der Waals surface area (Å²) in [5.41, 5.74) is 0.974. The lowest BCUT2D eigenvalue weighted by atomic mass is 9.78. The summed E-state index contributed by atoms with van der Waals surface area (Å²) in [6.45, 7) is 1.95. The zero-order valence-corrected chi connectivity index (χ0v) is 9.93. The molecule has 1 aromatic carbocycles. The summed E-state index contributed by atoms with van der Waals surface area (Å²) in [7, 11) is 0. The highest BCUT2D eigenvalue weighted by Crippen LogP contribution is 2.37. The molecule has 0 aliphatic heterocycles. The maximum atomic E-state index is 12.9. The van der Waals surface area contributed by atoms with Crippen molar-refractivity contribution in [3.63, 3.8) is 0 Å². The van der Waals surface area contributed by atoms with Crippen LogP contribution < -0.4 is 0 Å². The van der Waals surface area contributed by atoms with Crippen LogP contribution in [0.4, 0.5) is 4.39 Å². The number of carbonyl (C=O) groups excluding carboxylic acids is 1. The van der Waals surface area contributed by atoms with Gasteiger partial charge in [0.05, 0.1) is 0 Å². The Morgan fingerprint density at radius 3 is 2.81 bits per heavy atom. The molecule has 3 heteroatoms. The van der Waals surface area contributed by atoms with Crippen LogP contribution in [0, 0.1) is 11.7 Å². The van der Waals surface area contributed by atoms with Crippen molar-refractivity contribution in [3.05, 3.63) is 34.6 Å². The Morgan fingerprint density at radius 2 is 2.19 bits per heavy atom. The highest BCUT2D eigenvalue weighted by Gasteiger charge is 2.27. The van der Waals surface area contributed by atoms with Gasteiger partial charge in [-0.15, -0.1) is 0 Å². The van der Waals surface area contributed by atoms with E-state index >= 15 is 0 Å². The molecule has 16 heavy (non-hydrogen) atoms. The molecule has 0 N–H and O–H groups in total. The fraction of sp³-hybridized carbons (Fsp3) is 0.462. The van der Waals surface area contributed by atoms with Crippen LogP contribution in [0.5, 0.6) is 0 Å². The lowest BCUT2D eigenvalue weighted by molar-refractivity contribution is -0.124. The average molecular weight is 241 g/mol. The Bertz CT molecular complexity index is 416. The number of hydrogen-bond acceptors (Lipinski definition) is 1. The molecular formula is C13H14ClFO. The molecule has 0 amide bonds. The molecule has 0 heterocycles. The average Bonchev–Trinajstić information content (AvgIpc) is 2.22. The van der Waals surface area contributed by atoms with Crippen LogP contribution in [0.1, 0.15) is 37.7 Å². The maximum Gasteiger partial charge on any atom is 0.135 e. The first-order chi connectivity index (χ1) is 7.58. The van der Waals surface area contributed by atoms with Gasteiger partial charge in [-0.1, -0.05) is 24.6 Å². The van der Waals surface area contributed by atoms with E-state index in [4.69, 9.17) is 11.6 Å². The number of halogens is 2. The van der Waals surface area contributed by atoms with E-state index in [-0.39, 0.29) is 11.7 Å². The fourth-order valence-corrected chi connectivity index (χ4v) is 2.68. The van der Waals surface area contributed by atoms with Gasteiger partial charge in [0.15, 0.2) is 0 Å². The number of rotatable bonds is 1. The van der Waals surface area contributed by atoms with Crippen molar-refractivity contribution < 1.29 is 9.18 Å². The highest BCUT2D eigenvalue weighted by atomic mass is 35.5. The Hall–Kier alpha value is -0.890. The number of ketones is 1. The van der Waals surface area contributed by atoms with Gasteiger partial charge in [0.25, 0.3) is 0 Å². The van der Waals surface area contributed by atoms with Crippen LogP contribution in [-0.4, -0.2) is 5.78 Å². The molecule has 2 rings (SSSR count). The molecule has 2 atom stereocenters. The van der Waals surface area contributed by atoms with Gasteiger partial charge >= 0.3 is 0 Å². The van der Waals surface area contributed by atoms with Gasteiger partial charge in [0, 0.05) is 17.4 Å². The van der Waals surface area contributed by atoms with Crippen molar-refractivity contribution in [2.24, 2.45) is 5.92 Å². The molecule has 0 saturated heterocycles. The second-order valence-electron chi connectivity index (χ2n) is 4.50. The number of hydrogen-bond donors (Lipinski definition) is 0. The van der Waals surface area contributed by atoms with Gasteiger partial charge in [-0.2, -0.15) is 0 Å². The molecule has 0 radical (unpaired) electrons. The van der Waals surface area contributed by atoms with Gasteiger partial charge in [-0.05, 0) is 36.5 Å². The number of carbonyl (C=O) groups is 1. The van der Waals surface area contributed by atoms with E-state index < -0.39 is 0 Å². The molecule has 2 unspecified atom stereocenters. The second kappa shape index (κ2) is 4.54. The van der Waals surface area contributed by atoms with E-state index in [1.807, 2.05) is 6.92 Å². The van der Waals surface area contributed by atoms with Crippen LogP contribution >= 0.6 is 11.6 Å². The largest absolute Gasteiger partial charge is 0.299 e. The third-order valence-electron chi connectivity index (χ3n) is 3.33. The summed E-state index contributed by atoms with van der Waals surface area (Å²) >= 11 is 6.02. The number of benzene rings is 1. The monoisotopic (exact) mass is 240 g/mol. The SMILES string of the molecule is CC1CC(c2ccc(F)cc2Cl)CCC1=O. The van der Waals surface area contributed by atoms with Crippen LogP contribution in [0.25, 0.3) is 0 Å². The third-order valence-corrected chi connectivity index (χ3v) is 3.66. The van der Waals surface area contributed by atoms with Crippen LogP contribution in [-0.2, 0) is 4.79 Å². The summed E-state index contributed by atoms with van der Waals surface area (Å²) in [5, 5.41) is 0.478. The summed E-state index contributed by atoms with van der Waals surface area (Å²) < 4.78 is 12.9. The van der Waals surface area contributed by atoms with Crippen molar-refractivity contribution in [1.82, 2.24) is 0 Å². The first kappa shape index (κ1) is 11.6. The predicted octanol–water partition coefficient (Wildman–Crippen LogP) is 3.95. The summed E-state index contributed by atoms with van der Waals surface area (Å²) in [6, 6.07) is 4.52. The maximum absolute atomic E-state index is 12.9. The molecule has 1 aliphatic rings. The van der Waals surface area contributed by atoms with E-state index in [0.29, 0.717) is 23.1 Å². The Labute approximate surface area is 99.6 Å². The number of Topliss-reactive ketones (excluding diaryl/α,β-unsaturated/α-hetero) is 1. The topological polar surface area (TPSA) is 17.1 Å². The fourth-order valence-electron chi connectivity index (χ4n) is 2.35. The molecule has 86 valence electrons. The van der Waals surface area contributed by atoms with E-state index in [1.54, 1.807) is 6.07 Å². The molecular weight excluding hydrogens is 227 g/mol. The Balaban J connectivity index is 2.21. The smallest absolute Gasteiger partial charge is 0.135 e. The zero-order chi connectivity index (χ0) is 11.7. The molecule has 1 saturated carbocycles. The molecule has 0 bridgehead atoms. The van der Waals surface area contributed by atoms with Crippen LogP contribution in [0.2, 0.25) is 5.02 Å². The van der Waals surface area contributed by atoms with E-state index in [0.717, 1.165) is 18.4 Å². The minimum Gasteiger partial charge on any atom is -0.299 e. The summed E-state index contributed by atoms with van der Waals surface area (Å²) in [6.07, 6.45) is 2.26. The van der Waals surface area contributed by atoms with Crippen molar-refractivity contribution in [2.75, 3.05) is 0 Å². The normalized spacial score (nSPS) is 25.8. The zero-order valence-electron chi connectivity index (χ0n) is 9.17. The van der Waals surface area contributed by atoms with E-state index in [2.05, 4.69) is 0 Å². The van der Waals surface area contributed by atoms with Crippen molar-refractivity contribution in [2.45, 2.75) is 32.1 Å². The molecule has 1 aliphatic carbocycles. The molecule has 0 spiro atoms. The minimum atomic E-state index is -0.311. The lowest BCUT2D eigenvalue weighted by Gasteiger charge is -2.26. The van der Waals surface area contributed by atoms with E-state index in [9.17, 15) is 9.18 Å². The van der Waals surface area contributed by atoms with Gasteiger partial charge in [0.2, 0.25) is 0 Å². The minimum absolute atomic E-state index is 0.0971. The van der Waals surface area contributed by atoms with Crippen molar-refractivity contribution in [1.29, 1.82) is 0 Å². The quantitative estimate of drug-likeness (QED) is 0.726. The highest BCUT2D eigenvalue weighted by molar-refractivity contribution is 6.31. The van der Waals surface area contributed by atoms with Gasteiger partial charge in [-0.3, -0.25) is 4.79 Å².